The molecule has 2 aromatic heterocycles. The molecular weight excluding hydrogens is 330 g/mol. The Kier molecular flexibility index (Phi) is 4.57. The minimum Gasteiger partial charge on any atom is -0.337 e. The standard InChI is InChI=1S/C20H23N3OS/c1-15-7-9-16(10-8-15)17-13-23-18(14-25-20(23)21-17)19(24)22-11-5-3-2-4-6-12-22/h7-10,13-14H,2-6,11-12H2,1H3. The highest BCUT2D eigenvalue weighted by Crippen LogP contribution is 2.25. The van der Waals surface area contributed by atoms with Gasteiger partial charge in [-0.1, -0.05) is 49.1 Å². The minimum absolute atomic E-state index is 0.140. The molecule has 5 heteroatoms. The van der Waals surface area contributed by atoms with Crippen molar-refractivity contribution in [2.75, 3.05) is 13.1 Å². The molecule has 0 saturated carbocycles. The third kappa shape index (κ3) is 3.33. The largest absolute Gasteiger partial charge is 0.337 e. The lowest BCUT2D eigenvalue weighted by atomic mass is 10.1. The van der Waals surface area contributed by atoms with Gasteiger partial charge in [0.25, 0.3) is 5.91 Å². The molecule has 0 unspecified atom stereocenters. The Bertz CT molecular complexity index is 870. The van der Waals surface area contributed by atoms with Crippen LogP contribution in [0.3, 0.4) is 0 Å². The van der Waals surface area contributed by atoms with Crippen LogP contribution in [0.4, 0.5) is 0 Å². The molecule has 3 heterocycles. The fourth-order valence-electron chi connectivity index (χ4n) is 3.41. The number of amides is 1. The second kappa shape index (κ2) is 7.00. The van der Waals surface area contributed by atoms with Crippen LogP contribution in [-0.4, -0.2) is 33.3 Å². The van der Waals surface area contributed by atoms with Crippen molar-refractivity contribution >= 4 is 22.2 Å². The maximum absolute atomic E-state index is 13.0. The van der Waals surface area contributed by atoms with E-state index in [2.05, 4.69) is 31.2 Å². The average molecular weight is 353 g/mol. The number of benzene rings is 1. The highest BCUT2D eigenvalue weighted by atomic mass is 32.1. The van der Waals surface area contributed by atoms with Gasteiger partial charge in [-0.3, -0.25) is 9.20 Å². The molecule has 1 amide bonds. The zero-order chi connectivity index (χ0) is 17.2. The molecule has 1 aliphatic rings. The number of carbonyl (C=O) groups excluding carboxylic acids is 1. The average Bonchev–Trinajstić information content (AvgIpc) is 3.15. The number of hydrogen-bond acceptors (Lipinski definition) is 3. The Hall–Kier alpha value is -2.14. The lowest BCUT2D eigenvalue weighted by Gasteiger charge is -2.24. The minimum atomic E-state index is 0.140. The van der Waals surface area contributed by atoms with Gasteiger partial charge < -0.3 is 4.90 Å². The van der Waals surface area contributed by atoms with Crippen molar-refractivity contribution < 1.29 is 4.79 Å². The second-order valence-electron chi connectivity index (χ2n) is 6.83. The van der Waals surface area contributed by atoms with Gasteiger partial charge in [0.2, 0.25) is 0 Å². The molecule has 0 spiro atoms. The monoisotopic (exact) mass is 353 g/mol. The summed E-state index contributed by atoms with van der Waals surface area (Å²) < 4.78 is 1.96. The van der Waals surface area contributed by atoms with Gasteiger partial charge in [0, 0.05) is 30.2 Å². The van der Waals surface area contributed by atoms with Crippen molar-refractivity contribution in [3.05, 3.63) is 47.1 Å². The number of imidazole rings is 1. The van der Waals surface area contributed by atoms with E-state index in [4.69, 9.17) is 4.98 Å². The summed E-state index contributed by atoms with van der Waals surface area (Å²) in [7, 11) is 0. The Balaban J connectivity index is 1.63. The molecule has 1 saturated heterocycles. The Morgan fingerprint density at radius 2 is 1.72 bits per heavy atom. The summed E-state index contributed by atoms with van der Waals surface area (Å²) >= 11 is 1.54. The van der Waals surface area contributed by atoms with Gasteiger partial charge in [0.05, 0.1) is 5.69 Å². The summed E-state index contributed by atoms with van der Waals surface area (Å²) in [6, 6.07) is 8.35. The van der Waals surface area contributed by atoms with E-state index in [1.165, 1.54) is 36.2 Å². The molecule has 4 nitrogen and oxygen atoms in total. The quantitative estimate of drug-likeness (QED) is 0.665. The van der Waals surface area contributed by atoms with Crippen LogP contribution < -0.4 is 0 Å². The van der Waals surface area contributed by atoms with Gasteiger partial charge in [-0.25, -0.2) is 4.98 Å². The highest BCUT2D eigenvalue weighted by molar-refractivity contribution is 7.15. The number of likely N-dealkylation sites (tertiary alicyclic amines) is 1. The van der Waals surface area contributed by atoms with Crippen LogP contribution in [0.2, 0.25) is 0 Å². The predicted octanol–water partition coefficient (Wildman–Crippen LogP) is 4.78. The van der Waals surface area contributed by atoms with Crippen molar-refractivity contribution in [3.63, 3.8) is 0 Å². The number of thiazole rings is 1. The van der Waals surface area contributed by atoms with Gasteiger partial charge in [-0.15, -0.1) is 11.3 Å². The summed E-state index contributed by atoms with van der Waals surface area (Å²) in [6.07, 6.45) is 7.96. The fraction of sp³-hybridized carbons (Fsp3) is 0.400. The molecular formula is C20H23N3OS. The number of rotatable bonds is 2. The van der Waals surface area contributed by atoms with Crippen LogP contribution >= 0.6 is 11.3 Å². The van der Waals surface area contributed by atoms with Crippen molar-refractivity contribution in [2.24, 2.45) is 0 Å². The maximum atomic E-state index is 13.0. The van der Waals surface area contributed by atoms with E-state index < -0.39 is 0 Å². The van der Waals surface area contributed by atoms with Crippen molar-refractivity contribution in [1.82, 2.24) is 14.3 Å². The van der Waals surface area contributed by atoms with E-state index >= 15 is 0 Å². The van der Waals surface area contributed by atoms with Gasteiger partial charge >= 0.3 is 0 Å². The summed E-state index contributed by atoms with van der Waals surface area (Å²) in [4.78, 5) is 20.6. The highest BCUT2D eigenvalue weighted by Gasteiger charge is 2.21. The van der Waals surface area contributed by atoms with Crippen LogP contribution in [0.15, 0.2) is 35.8 Å². The van der Waals surface area contributed by atoms with E-state index in [0.717, 1.165) is 47.8 Å². The first-order valence-electron chi connectivity index (χ1n) is 9.05. The molecule has 0 N–H and O–H groups in total. The van der Waals surface area contributed by atoms with Gasteiger partial charge in [-0.2, -0.15) is 0 Å². The van der Waals surface area contributed by atoms with Crippen LogP contribution in [0, 0.1) is 6.92 Å². The normalized spacial score (nSPS) is 16.0. The Labute approximate surface area is 152 Å². The summed E-state index contributed by atoms with van der Waals surface area (Å²) in [5.74, 6) is 0.140. The zero-order valence-electron chi connectivity index (χ0n) is 14.6. The topological polar surface area (TPSA) is 37.6 Å². The smallest absolute Gasteiger partial charge is 0.271 e. The molecule has 1 aromatic carbocycles. The lowest BCUT2D eigenvalue weighted by molar-refractivity contribution is 0.0736. The molecule has 25 heavy (non-hydrogen) atoms. The van der Waals surface area contributed by atoms with Gasteiger partial charge in [-0.05, 0) is 19.8 Å². The molecule has 1 fully saturated rings. The third-order valence-electron chi connectivity index (χ3n) is 4.92. The van der Waals surface area contributed by atoms with E-state index in [1.54, 1.807) is 0 Å². The lowest BCUT2D eigenvalue weighted by Crippen LogP contribution is -2.34. The summed E-state index contributed by atoms with van der Waals surface area (Å²) in [5, 5.41) is 1.95. The van der Waals surface area contributed by atoms with Gasteiger partial charge in [0.15, 0.2) is 4.96 Å². The number of carbonyl (C=O) groups is 1. The van der Waals surface area contributed by atoms with Crippen molar-refractivity contribution in [1.29, 1.82) is 0 Å². The van der Waals surface area contributed by atoms with E-state index in [0.29, 0.717) is 0 Å². The maximum Gasteiger partial charge on any atom is 0.271 e. The second-order valence-corrected chi connectivity index (χ2v) is 7.66. The molecule has 3 aromatic rings. The molecule has 0 atom stereocenters. The van der Waals surface area contributed by atoms with Gasteiger partial charge in [0.1, 0.15) is 5.69 Å². The molecule has 4 rings (SSSR count). The number of hydrogen-bond donors (Lipinski definition) is 0. The molecule has 130 valence electrons. The Morgan fingerprint density at radius 1 is 1.04 bits per heavy atom. The first-order valence-corrected chi connectivity index (χ1v) is 9.93. The number of fused-ring (bicyclic) bond motifs is 1. The van der Waals surface area contributed by atoms with Crippen molar-refractivity contribution in [2.45, 2.75) is 39.0 Å². The van der Waals surface area contributed by atoms with Crippen LogP contribution in [0.1, 0.15) is 48.2 Å². The first-order chi connectivity index (χ1) is 12.2. The van der Waals surface area contributed by atoms with Crippen molar-refractivity contribution in [3.8, 4) is 11.3 Å². The fourth-order valence-corrected chi connectivity index (χ4v) is 4.26. The number of aromatic nitrogens is 2. The molecule has 1 aliphatic heterocycles. The first kappa shape index (κ1) is 16.3. The molecule has 0 bridgehead atoms. The summed E-state index contributed by atoms with van der Waals surface area (Å²) in [6.45, 7) is 3.82. The number of aryl methyl sites for hydroxylation is 1. The van der Waals surface area contributed by atoms with E-state index in [1.807, 2.05) is 20.9 Å². The third-order valence-corrected chi connectivity index (χ3v) is 5.76. The SMILES string of the molecule is Cc1ccc(-c2cn3c(C(=O)N4CCCCCCC4)csc3n2)cc1. The van der Waals surface area contributed by atoms with E-state index in [-0.39, 0.29) is 5.91 Å². The van der Waals surface area contributed by atoms with Crippen LogP contribution in [-0.2, 0) is 0 Å². The zero-order valence-corrected chi connectivity index (χ0v) is 15.4. The van der Waals surface area contributed by atoms with E-state index in [9.17, 15) is 4.79 Å². The Morgan fingerprint density at radius 3 is 2.44 bits per heavy atom. The van der Waals surface area contributed by atoms with Crippen LogP contribution in [0.5, 0.6) is 0 Å². The number of nitrogens with zero attached hydrogens (tertiary/aromatic N) is 3. The molecule has 0 aliphatic carbocycles. The van der Waals surface area contributed by atoms with Crippen LogP contribution in [0.25, 0.3) is 16.2 Å². The summed E-state index contributed by atoms with van der Waals surface area (Å²) in [5.41, 5.74) is 3.99. The molecule has 0 radical (unpaired) electrons. The predicted molar refractivity (Wildman–Crippen MR) is 102 cm³/mol.